The first kappa shape index (κ1) is 20.5. The molecule has 5 rings (SSSR count). The Balaban J connectivity index is 1.40. The third-order valence-electron chi connectivity index (χ3n) is 5.70. The van der Waals surface area contributed by atoms with Gasteiger partial charge in [0.1, 0.15) is 5.82 Å². The van der Waals surface area contributed by atoms with Crippen LogP contribution in [-0.4, -0.2) is 31.0 Å². The van der Waals surface area contributed by atoms with Crippen LogP contribution in [0.3, 0.4) is 0 Å². The summed E-state index contributed by atoms with van der Waals surface area (Å²) < 4.78 is 3.49. The van der Waals surface area contributed by atoms with Gasteiger partial charge in [0.25, 0.3) is 5.56 Å². The lowest BCUT2D eigenvalue weighted by Crippen LogP contribution is -2.23. The second kappa shape index (κ2) is 9.00. The molecule has 4 aromatic rings. The van der Waals surface area contributed by atoms with E-state index in [1.165, 1.54) is 24.6 Å². The van der Waals surface area contributed by atoms with Gasteiger partial charge in [-0.15, -0.1) is 0 Å². The smallest absolute Gasteiger partial charge is 0.266 e. The summed E-state index contributed by atoms with van der Waals surface area (Å²) in [6.07, 6.45) is 6.28. The molecule has 162 valence electrons. The van der Waals surface area contributed by atoms with Crippen LogP contribution >= 0.6 is 11.8 Å². The zero-order valence-corrected chi connectivity index (χ0v) is 18.3. The number of hydrogen-bond donors (Lipinski definition) is 1. The fraction of sp³-hybridized carbons (Fsp3) is 0.250. The summed E-state index contributed by atoms with van der Waals surface area (Å²) in [7, 11) is 0. The van der Waals surface area contributed by atoms with E-state index in [1.807, 2.05) is 59.3 Å². The minimum absolute atomic E-state index is 0.132. The number of fused-ring (bicyclic) bond motifs is 1. The minimum atomic E-state index is -0.156. The van der Waals surface area contributed by atoms with Crippen molar-refractivity contribution in [3.8, 4) is 5.69 Å². The summed E-state index contributed by atoms with van der Waals surface area (Å²) in [5.41, 5.74) is 1.19. The van der Waals surface area contributed by atoms with E-state index in [2.05, 4.69) is 10.4 Å². The quantitative estimate of drug-likeness (QED) is 0.351. The van der Waals surface area contributed by atoms with Crippen molar-refractivity contribution in [3.05, 3.63) is 77.2 Å². The number of aromatic nitrogens is 4. The molecular formula is C24H23N5O2S. The van der Waals surface area contributed by atoms with Crippen LogP contribution in [0.2, 0.25) is 0 Å². The van der Waals surface area contributed by atoms with Crippen LogP contribution in [0.5, 0.6) is 0 Å². The number of para-hydroxylation sites is 2. The number of carbonyl (C=O) groups excluding carboxylic acids is 1. The molecule has 1 saturated carbocycles. The predicted octanol–water partition coefficient (Wildman–Crippen LogP) is 4.43. The van der Waals surface area contributed by atoms with Crippen LogP contribution in [0.4, 0.5) is 5.82 Å². The number of benzene rings is 2. The van der Waals surface area contributed by atoms with Crippen molar-refractivity contribution in [2.45, 2.75) is 36.9 Å². The van der Waals surface area contributed by atoms with Crippen LogP contribution in [0.25, 0.3) is 16.6 Å². The molecule has 1 fully saturated rings. The number of hydrogen-bond acceptors (Lipinski definition) is 5. The molecule has 0 radical (unpaired) electrons. The average Bonchev–Trinajstić information content (AvgIpc) is 3.50. The Labute approximate surface area is 189 Å². The predicted molar refractivity (Wildman–Crippen MR) is 126 cm³/mol. The van der Waals surface area contributed by atoms with Gasteiger partial charge in [-0.25, -0.2) is 9.67 Å². The van der Waals surface area contributed by atoms with Crippen LogP contribution in [0.1, 0.15) is 31.7 Å². The van der Waals surface area contributed by atoms with Crippen molar-refractivity contribution in [1.29, 1.82) is 0 Å². The molecule has 32 heavy (non-hydrogen) atoms. The summed E-state index contributed by atoms with van der Waals surface area (Å²) in [5.74, 6) is 0.694. The Bertz CT molecular complexity index is 1310. The molecule has 0 saturated heterocycles. The second-order valence-corrected chi connectivity index (χ2v) is 8.77. The topological polar surface area (TPSA) is 81.8 Å². The van der Waals surface area contributed by atoms with Crippen molar-refractivity contribution in [2.24, 2.45) is 0 Å². The van der Waals surface area contributed by atoms with E-state index in [1.54, 1.807) is 16.8 Å². The summed E-state index contributed by atoms with van der Waals surface area (Å²) in [5, 5.41) is 8.41. The number of nitrogens with zero attached hydrogens (tertiary/aromatic N) is 4. The van der Waals surface area contributed by atoms with Crippen molar-refractivity contribution in [1.82, 2.24) is 19.3 Å². The van der Waals surface area contributed by atoms with Gasteiger partial charge in [0.15, 0.2) is 5.16 Å². The molecule has 0 spiro atoms. The molecular weight excluding hydrogens is 422 g/mol. The molecule has 7 nitrogen and oxygen atoms in total. The highest BCUT2D eigenvalue weighted by Gasteiger charge is 2.21. The molecule has 2 aromatic heterocycles. The summed E-state index contributed by atoms with van der Waals surface area (Å²) in [4.78, 5) is 30.7. The Morgan fingerprint density at radius 2 is 1.78 bits per heavy atom. The maximum absolute atomic E-state index is 13.2. The Kier molecular flexibility index (Phi) is 5.77. The van der Waals surface area contributed by atoms with Crippen LogP contribution in [-0.2, 0) is 4.79 Å². The maximum atomic E-state index is 13.2. The molecule has 8 heteroatoms. The lowest BCUT2D eigenvalue weighted by atomic mass is 10.2. The van der Waals surface area contributed by atoms with Gasteiger partial charge in [-0.05, 0) is 37.1 Å². The van der Waals surface area contributed by atoms with Gasteiger partial charge >= 0.3 is 0 Å². The van der Waals surface area contributed by atoms with Crippen molar-refractivity contribution in [2.75, 3.05) is 11.1 Å². The fourth-order valence-electron chi connectivity index (χ4n) is 4.18. The van der Waals surface area contributed by atoms with Gasteiger partial charge in [0.05, 0.1) is 34.6 Å². The lowest BCUT2D eigenvalue weighted by molar-refractivity contribution is -0.113. The Hall–Kier alpha value is -3.39. The summed E-state index contributed by atoms with van der Waals surface area (Å²) in [6.45, 7) is 0. The third-order valence-corrected chi connectivity index (χ3v) is 6.64. The van der Waals surface area contributed by atoms with E-state index >= 15 is 0 Å². The Morgan fingerprint density at radius 3 is 2.59 bits per heavy atom. The van der Waals surface area contributed by atoms with Crippen molar-refractivity contribution in [3.63, 3.8) is 0 Å². The van der Waals surface area contributed by atoms with Crippen molar-refractivity contribution < 1.29 is 4.79 Å². The van der Waals surface area contributed by atoms with Gasteiger partial charge in [0, 0.05) is 6.07 Å². The van der Waals surface area contributed by atoms with Gasteiger partial charge in [0.2, 0.25) is 5.91 Å². The van der Waals surface area contributed by atoms with E-state index in [4.69, 9.17) is 4.98 Å². The normalized spacial score (nSPS) is 14.1. The van der Waals surface area contributed by atoms with E-state index in [9.17, 15) is 9.59 Å². The lowest BCUT2D eigenvalue weighted by Gasteiger charge is -2.15. The molecule has 0 unspecified atom stereocenters. The Morgan fingerprint density at radius 1 is 1.03 bits per heavy atom. The minimum Gasteiger partial charge on any atom is -0.310 e. The van der Waals surface area contributed by atoms with Gasteiger partial charge < -0.3 is 5.32 Å². The molecule has 0 bridgehead atoms. The zero-order valence-electron chi connectivity index (χ0n) is 17.5. The molecule has 1 N–H and O–H groups in total. The highest BCUT2D eigenvalue weighted by atomic mass is 32.2. The van der Waals surface area contributed by atoms with Gasteiger partial charge in [-0.1, -0.05) is 54.9 Å². The van der Waals surface area contributed by atoms with Crippen molar-refractivity contribution >= 4 is 34.4 Å². The van der Waals surface area contributed by atoms with Crippen LogP contribution in [0, 0.1) is 0 Å². The number of carbonyl (C=O) groups is 1. The number of nitrogens with one attached hydrogen (secondary N) is 1. The number of rotatable bonds is 6. The zero-order chi connectivity index (χ0) is 21.9. The highest BCUT2D eigenvalue weighted by Crippen LogP contribution is 2.31. The standard InChI is InChI=1S/C24H23N5O2S/c30-22(27-21-14-15-25-29(21)18-10-4-5-11-18)16-32-24-26-20-13-7-6-12-19(20)23(31)28(24)17-8-2-1-3-9-17/h1-3,6-9,12-15,18H,4-5,10-11,16H2,(H,27,30). The van der Waals surface area contributed by atoms with E-state index < -0.39 is 0 Å². The number of thioether (sulfide) groups is 1. The molecule has 2 heterocycles. The maximum Gasteiger partial charge on any atom is 0.266 e. The molecule has 1 aliphatic rings. The molecule has 2 aromatic carbocycles. The summed E-state index contributed by atoms with van der Waals surface area (Å²) >= 11 is 1.25. The monoisotopic (exact) mass is 445 g/mol. The summed E-state index contributed by atoms with van der Waals surface area (Å²) in [6, 6.07) is 18.8. The average molecular weight is 446 g/mol. The van der Waals surface area contributed by atoms with Gasteiger partial charge in [-0.2, -0.15) is 5.10 Å². The number of anilines is 1. The molecule has 0 aliphatic heterocycles. The SMILES string of the molecule is O=C(CSc1nc2ccccc2c(=O)n1-c1ccccc1)Nc1ccnn1C1CCCC1. The fourth-order valence-corrected chi connectivity index (χ4v) is 4.99. The molecule has 1 aliphatic carbocycles. The van der Waals surface area contributed by atoms with Crippen LogP contribution in [0.15, 0.2) is 76.8 Å². The highest BCUT2D eigenvalue weighted by molar-refractivity contribution is 7.99. The number of amides is 1. The first-order valence-electron chi connectivity index (χ1n) is 10.7. The van der Waals surface area contributed by atoms with Crippen LogP contribution < -0.4 is 10.9 Å². The van der Waals surface area contributed by atoms with E-state index in [0.29, 0.717) is 22.1 Å². The second-order valence-electron chi connectivity index (χ2n) is 7.82. The molecule has 1 amide bonds. The largest absolute Gasteiger partial charge is 0.310 e. The molecule has 0 atom stereocenters. The van der Waals surface area contributed by atoms with Gasteiger partial charge in [-0.3, -0.25) is 14.2 Å². The van der Waals surface area contributed by atoms with E-state index in [0.717, 1.165) is 24.3 Å². The van der Waals surface area contributed by atoms with E-state index in [-0.39, 0.29) is 17.2 Å². The first-order chi connectivity index (χ1) is 15.7. The first-order valence-corrected chi connectivity index (χ1v) is 11.7. The third kappa shape index (κ3) is 4.05.